The van der Waals surface area contributed by atoms with Gasteiger partial charge in [0.05, 0.1) is 29.3 Å². The van der Waals surface area contributed by atoms with Gasteiger partial charge in [-0.15, -0.1) is 0 Å². The Morgan fingerprint density at radius 2 is 1.67 bits per heavy atom. The SMILES string of the molecule is C[C@H]1C[C@H]2[C@@H]3C[C@H]4OC(C)(C)O[C@@]4(C(=O)COC(=O)c4ccc(C(=O)OCc5cccc([C@@H](CN)C(=O)Nc6ccc7cnccc7c6)c5)cc4)[C@@]3(C)C[C@H](O)[C@]2(F)[C@@]2(C)C=CC(=O)C=C12. The van der Waals surface area contributed by atoms with Crippen LogP contribution in [0.15, 0.2) is 109 Å². The van der Waals surface area contributed by atoms with Gasteiger partial charge in [-0.05, 0) is 123 Å². The largest absolute Gasteiger partial charge is 0.457 e. The van der Waals surface area contributed by atoms with Gasteiger partial charge in [-0.25, -0.2) is 14.0 Å². The highest BCUT2D eigenvalue weighted by molar-refractivity contribution is 6.01. The third-order valence-corrected chi connectivity index (χ3v) is 15.3. The number of hydrogen-bond donors (Lipinski definition) is 3. The number of alkyl halides is 1. The summed E-state index contributed by atoms with van der Waals surface area (Å²) in [6, 6.07) is 20.1. The van der Waals surface area contributed by atoms with Gasteiger partial charge in [0.15, 0.2) is 29.4 Å². The molecule has 0 bridgehead atoms. The van der Waals surface area contributed by atoms with Crippen LogP contribution < -0.4 is 11.1 Å². The minimum absolute atomic E-state index is 0.0458. The number of carbonyl (C=O) groups is 5. The van der Waals surface area contributed by atoms with Gasteiger partial charge >= 0.3 is 11.9 Å². The number of ketones is 2. The number of aromatic nitrogens is 1. The number of nitrogens with one attached hydrogen (secondary N) is 1. The van der Waals surface area contributed by atoms with Crippen LogP contribution in [0.5, 0.6) is 0 Å². The average Bonchev–Trinajstić information content (AvgIpc) is 3.71. The summed E-state index contributed by atoms with van der Waals surface area (Å²) >= 11 is 0. The molecule has 3 saturated carbocycles. The monoisotopic (exact) mass is 899 g/mol. The highest BCUT2D eigenvalue weighted by Gasteiger charge is 2.80. The number of amides is 1. The van der Waals surface area contributed by atoms with E-state index in [0.29, 0.717) is 28.8 Å². The average molecular weight is 900 g/mol. The number of carbonyl (C=O) groups excluding carboxylic acids is 5. The second-order valence-electron chi connectivity index (χ2n) is 19.5. The minimum atomic E-state index is -2.13. The van der Waals surface area contributed by atoms with E-state index >= 15 is 4.39 Å². The number of rotatable bonds is 11. The van der Waals surface area contributed by atoms with Gasteiger partial charge in [-0.1, -0.05) is 55.8 Å². The molecule has 4 aromatic rings. The van der Waals surface area contributed by atoms with Gasteiger partial charge in [-0.3, -0.25) is 19.4 Å². The van der Waals surface area contributed by atoms with E-state index in [0.717, 1.165) is 10.8 Å². The van der Waals surface area contributed by atoms with Crippen LogP contribution in [0.25, 0.3) is 10.8 Å². The maximum absolute atomic E-state index is 18.0. The number of aliphatic hydroxyl groups is 1. The normalized spacial score (nSPS) is 32.0. The molecule has 0 radical (unpaired) electrons. The van der Waals surface area contributed by atoms with Gasteiger partial charge in [0.25, 0.3) is 0 Å². The third kappa shape index (κ3) is 7.20. The van der Waals surface area contributed by atoms with Gasteiger partial charge in [-0.2, -0.15) is 0 Å². The summed E-state index contributed by atoms with van der Waals surface area (Å²) in [5, 5.41) is 16.8. The van der Waals surface area contributed by atoms with Crippen LogP contribution in [0, 0.1) is 28.6 Å². The first-order valence-corrected chi connectivity index (χ1v) is 22.4. The lowest BCUT2D eigenvalue weighted by molar-refractivity contribution is -0.248. The summed E-state index contributed by atoms with van der Waals surface area (Å²) in [5.41, 5.74) is 2.74. The van der Waals surface area contributed by atoms with E-state index in [1.165, 1.54) is 36.4 Å². The lowest BCUT2D eigenvalue weighted by Gasteiger charge is -2.63. The van der Waals surface area contributed by atoms with Crippen molar-refractivity contribution in [3.05, 3.63) is 131 Å². The third-order valence-electron chi connectivity index (χ3n) is 15.3. The number of halogens is 1. The number of fused-ring (bicyclic) bond motifs is 8. The van der Waals surface area contributed by atoms with E-state index in [-0.39, 0.29) is 54.7 Å². The molecule has 0 unspecified atom stereocenters. The van der Waals surface area contributed by atoms with Gasteiger partial charge in [0.1, 0.15) is 6.61 Å². The van der Waals surface area contributed by atoms with Crippen LogP contribution in [-0.2, 0) is 39.9 Å². The fourth-order valence-electron chi connectivity index (χ4n) is 12.2. The highest BCUT2D eigenvalue weighted by Crippen LogP contribution is 2.73. The molecule has 9 rings (SSSR count). The van der Waals surface area contributed by atoms with Gasteiger partial charge in [0.2, 0.25) is 11.7 Å². The number of pyridine rings is 1. The van der Waals surface area contributed by atoms with Crippen molar-refractivity contribution < 1.29 is 52.4 Å². The van der Waals surface area contributed by atoms with E-state index in [1.54, 1.807) is 69.6 Å². The number of hydrogen-bond acceptors (Lipinski definition) is 12. The first kappa shape index (κ1) is 45.2. The Morgan fingerprint density at radius 1 is 0.939 bits per heavy atom. The predicted octanol–water partition coefficient (Wildman–Crippen LogP) is 7.12. The standard InChI is InChI=1S/C52H54FN3O10/c1-29-19-41-40-23-44-52(66-48(2,3)65-44,50(40,5)24-42(58)51(41,53)49(4)17-15-37(57)22-39(29)49)43(59)28-64-47(62)32-11-9-31(10-12-32)46(61)63-27-30-7-6-8-34(20-30)38(25-54)45(60)56-36-14-13-35-26-55-18-16-33(35)21-36/h6-18,20-22,26,29,38,40-42,44,58H,19,23-25,27-28,54H2,1-5H3,(H,56,60)/t29-,38+,40-,41-,42-,44+,49-,50-,51-,52+/m0/s1. The Bertz CT molecular complexity index is 2720. The molecule has 3 aromatic carbocycles. The zero-order chi connectivity index (χ0) is 47.0. The van der Waals surface area contributed by atoms with Crippen molar-refractivity contribution in [2.75, 3.05) is 18.5 Å². The fraction of sp³-hybridized carbons (Fsp3) is 0.423. The molecular weight excluding hydrogens is 846 g/mol. The molecule has 1 aromatic heterocycles. The van der Waals surface area contributed by atoms with Gasteiger partial charge < -0.3 is 35.1 Å². The summed E-state index contributed by atoms with van der Waals surface area (Å²) in [7, 11) is 0. The summed E-state index contributed by atoms with van der Waals surface area (Å²) in [5.74, 6) is -5.71. The summed E-state index contributed by atoms with van der Waals surface area (Å²) in [6.45, 7) is 8.22. The van der Waals surface area contributed by atoms with Crippen molar-refractivity contribution in [1.29, 1.82) is 0 Å². The Morgan fingerprint density at radius 3 is 2.39 bits per heavy atom. The Balaban J connectivity index is 0.840. The highest BCUT2D eigenvalue weighted by atomic mass is 19.1. The molecule has 4 fully saturated rings. The van der Waals surface area contributed by atoms with E-state index in [2.05, 4.69) is 10.3 Å². The second-order valence-corrected chi connectivity index (χ2v) is 19.5. The molecule has 10 atom stereocenters. The summed E-state index contributed by atoms with van der Waals surface area (Å²) < 4.78 is 42.1. The molecule has 1 saturated heterocycles. The quantitative estimate of drug-likeness (QED) is 0.129. The smallest absolute Gasteiger partial charge is 0.338 e. The molecule has 13 nitrogen and oxygen atoms in total. The molecule has 344 valence electrons. The fourth-order valence-corrected chi connectivity index (χ4v) is 12.2. The van der Waals surface area contributed by atoms with Gasteiger partial charge in [0, 0.05) is 46.8 Å². The predicted molar refractivity (Wildman–Crippen MR) is 241 cm³/mol. The number of nitrogens with zero attached hydrogens (tertiary/aromatic N) is 1. The number of allylic oxidation sites excluding steroid dienone is 4. The van der Waals surface area contributed by atoms with Crippen LogP contribution in [-0.4, -0.2) is 81.9 Å². The number of ether oxygens (including phenoxy) is 4. The molecule has 2 heterocycles. The summed E-state index contributed by atoms with van der Waals surface area (Å²) in [4.78, 5) is 71.1. The van der Waals surface area contributed by atoms with Crippen molar-refractivity contribution >= 4 is 45.9 Å². The minimum Gasteiger partial charge on any atom is -0.457 e. The van der Waals surface area contributed by atoms with Crippen molar-refractivity contribution in [2.24, 2.45) is 34.3 Å². The van der Waals surface area contributed by atoms with E-state index in [1.807, 2.05) is 32.0 Å². The molecule has 4 aliphatic carbocycles. The van der Waals surface area contributed by atoms with Crippen LogP contribution >= 0.6 is 0 Å². The molecule has 66 heavy (non-hydrogen) atoms. The molecule has 5 aliphatic rings. The van der Waals surface area contributed by atoms with Crippen LogP contribution in [0.1, 0.15) is 91.6 Å². The first-order valence-electron chi connectivity index (χ1n) is 22.4. The Labute approximate surface area is 381 Å². The van der Waals surface area contributed by atoms with Crippen molar-refractivity contribution in [1.82, 2.24) is 4.98 Å². The van der Waals surface area contributed by atoms with Crippen molar-refractivity contribution in [3.8, 4) is 0 Å². The topological polar surface area (TPSA) is 193 Å². The van der Waals surface area contributed by atoms with Crippen LogP contribution in [0.3, 0.4) is 0 Å². The Kier molecular flexibility index (Phi) is 11.3. The van der Waals surface area contributed by atoms with Crippen molar-refractivity contribution in [2.45, 2.75) is 95.7 Å². The molecule has 1 aliphatic heterocycles. The molecule has 4 N–H and O–H groups in total. The second kappa shape index (κ2) is 16.4. The zero-order valence-electron chi connectivity index (χ0n) is 37.5. The lowest BCUT2D eigenvalue weighted by atomic mass is 9.43. The summed E-state index contributed by atoms with van der Waals surface area (Å²) in [6.07, 6.45) is 6.08. The zero-order valence-corrected chi connectivity index (χ0v) is 37.5. The first-order chi connectivity index (χ1) is 31.3. The lowest BCUT2D eigenvalue weighted by Crippen LogP contribution is -2.70. The molecule has 0 spiro atoms. The van der Waals surface area contributed by atoms with E-state index in [9.17, 15) is 29.1 Å². The maximum atomic E-state index is 18.0. The van der Waals surface area contributed by atoms with Crippen LogP contribution in [0.4, 0.5) is 10.1 Å². The molecule has 14 heteroatoms. The molecular formula is C52H54FN3O10. The number of benzene rings is 3. The van der Waals surface area contributed by atoms with E-state index in [4.69, 9.17) is 24.7 Å². The number of esters is 2. The van der Waals surface area contributed by atoms with Crippen LogP contribution in [0.2, 0.25) is 0 Å². The Hall–Kier alpha value is -5.93. The number of aliphatic hydroxyl groups excluding tert-OH is 1. The number of nitrogens with two attached hydrogens (primary N) is 1. The molecule has 1 amide bonds. The maximum Gasteiger partial charge on any atom is 0.338 e. The number of anilines is 1. The number of Topliss-reactive ketones (excluding diaryl/α,β-unsaturated/α-hetero) is 1. The van der Waals surface area contributed by atoms with E-state index < -0.39 is 82.2 Å². The van der Waals surface area contributed by atoms with Crippen molar-refractivity contribution in [3.63, 3.8) is 0 Å².